The first-order valence-corrected chi connectivity index (χ1v) is 10.1. The summed E-state index contributed by atoms with van der Waals surface area (Å²) in [7, 11) is 1.91. The summed E-state index contributed by atoms with van der Waals surface area (Å²) < 4.78 is 11.0. The average molecular weight is 386 g/mol. The lowest BCUT2D eigenvalue weighted by atomic mass is 10.0. The third kappa shape index (κ3) is 3.02. The molecule has 0 bridgehead atoms. The van der Waals surface area contributed by atoms with Crippen LogP contribution < -0.4 is 11.1 Å². The highest BCUT2D eigenvalue weighted by molar-refractivity contribution is 5.07. The van der Waals surface area contributed by atoms with Gasteiger partial charge in [-0.05, 0) is 19.3 Å². The Labute approximate surface area is 162 Å². The molecule has 2 fully saturated rings. The number of hydrogen-bond acceptors (Lipinski definition) is 6. The fraction of sp³-hybridized carbons (Fsp3) is 0.684. The van der Waals surface area contributed by atoms with Crippen LogP contribution in [0, 0.1) is 0 Å². The lowest BCUT2D eigenvalue weighted by Crippen LogP contribution is -2.53. The molecule has 1 atom stereocenters. The summed E-state index contributed by atoms with van der Waals surface area (Å²) in [4.78, 5) is 27.8. The van der Waals surface area contributed by atoms with Crippen molar-refractivity contribution >= 4 is 0 Å². The molecule has 28 heavy (non-hydrogen) atoms. The van der Waals surface area contributed by atoms with Crippen LogP contribution in [0.5, 0.6) is 0 Å². The zero-order chi connectivity index (χ0) is 19.3. The summed E-state index contributed by atoms with van der Waals surface area (Å²) >= 11 is 0. The molecule has 0 N–H and O–H groups in total. The van der Waals surface area contributed by atoms with Crippen molar-refractivity contribution in [2.75, 3.05) is 13.1 Å². The molecule has 9 nitrogen and oxygen atoms in total. The second kappa shape index (κ2) is 6.66. The fourth-order valence-corrected chi connectivity index (χ4v) is 4.89. The summed E-state index contributed by atoms with van der Waals surface area (Å²) in [6.45, 7) is 3.12. The van der Waals surface area contributed by atoms with E-state index >= 15 is 0 Å². The summed E-state index contributed by atoms with van der Waals surface area (Å²) in [5, 5.41) is 8.74. The summed E-state index contributed by atoms with van der Waals surface area (Å²) in [5.74, 6) is 0.577. The third-order valence-electron chi connectivity index (χ3n) is 6.36. The number of ether oxygens (including phenoxy) is 1. The van der Waals surface area contributed by atoms with Crippen molar-refractivity contribution in [3.05, 3.63) is 44.5 Å². The Morgan fingerprint density at radius 2 is 2.04 bits per heavy atom. The molecule has 1 saturated carbocycles. The highest BCUT2D eigenvalue weighted by Crippen LogP contribution is 2.32. The highest BCUT2D eigenvalue weighted by Gasteiger charge is 2.43. The van der Waals surface area contributed by atoms with Crippen molar-refractivity contribution < 1.29 is 4.74 Å². The van der Waals surface area contributed by atoms with E-state index in [0.717, 1.165) is 57.3 Å². The minimum atomic E-state index is -0.488. The number of nitrogens with zero attached hydrogens (tertiary/aromatic N) is 6. The van der Waals surface area contributed by atoms with Crippen LogP contribution in [-0.2, 0) is 31.5 Å². The minimum absolute atomic E-state index is 0.0587. The molecule has 0 radical (unpaired) electrons. The van der Waals surface area contributed by atoms with Crippen LogP contribution >= 0.6 is 0 Å². The molecule has 1 aliphatic carbocycles. The van der Waals surface area contributed by atoms with Gasteiger partial charge in [-0.15, -0.1) is 0 Å². The lowest BCUT2D eigenvalue weighted by Gasteiger charge is -2.35. The van der Waals surface area contributed by atoms with Crippen molar-refractivity contribution in [3.63, 3.8) is 0 Å². The summed E-state index contributed by atoms with van der Waals surface area (Å²) in [5.41, 5.74) is -0.204. The number of aryl methyl sites for hydroxylation is 1. The first kappa shape index (κ1) is 17.8. The van der Waals surface area contributed by atoms with Gasteiger partial charge in [-0.25, -0.2) is 4.68 Å². The second-order valence-corrected chi connectivity index (χ2v) is 8.45. The zero-order valence-corrected chi connectivity index (χ0v) is 16.2. The predicted molar refractivity (Wildman–Crippen MR) is 101 cm³/mol. The second-order valence-electron chi connectivity index (χ2n) is 8.45. The van der Waals surface area contributed by atoms with E-state index in [9.17, 15) is 9.59 Å². The van der Waals surface area contributed by atoms with Gasteiger partial charge in [-0.1, -0.05) is 12.8 Å². The molecule has 0 unspecified atom stereocenters. The molecular weight excluding hydrogens is 360 g/mol. The molecular formula is C19H26N6O3. The molecule has 1 spiro atoms. The monoisotopic (exact) mass is 386 g/mol. The zero-order valence-electron chi connectivity index (χ0n) is 16.2. The maximum atomic E-state index is 12.8. The van der Waals surface area contributed by atoms with Crippen molar-refractivity contribution in [2.45, 2.75) is 63.4 Å². The summed E-state index contributed by atoms with van der Waals surface area (Å²) in [6.07, 6.45) is 8.75. The van der Waals surface area contributed by atoms with Gasteiger partial charge in [0.15, 0.2) is 5.82 Å². The number of rotatable bonds is 3. The smallest absolute Gasteiger partial charge is 0.332 e. The van der Waals surface area contributed by atoms with Gasteiger partial charge in [0, 0.05) is 38.4 Å². The van der Waals surface area contributed by atoms with Crippen molar-refractivity contribution in [3.8, 4) is 0 Å². The lowest BCUT2D eigenvalue weighted by molar-refractivity contribution is -0.0860. The largest absolute Gasteiger partial charge is 0.364 e. The molecule has 2 aliphatic heterocycles. The third-order valence-corrected chi connectivity index (χ3v) is 6.36. The Morgan fingerprint density at radius 1 is 1.21 bits per heavy atom. The van der Waals surface area contributed by atoms with E-state index < -0.39 is 16.7 Å². The normalized spacial score (nSPS) is 25.6. The molecule has 2 aromatic rings. The first-order valence-electron chi connectivity index (χ1n) is 10.1. The van der Waals surface area contributed by atoms with Gasteiger partial charge in [-0.2, -0.15) is 10.2 Å². The van der Waals surface area contributed by atoms with Crippen LogP contribution in [-0.4, -0.2) is 47.7 Å². The molecule has 9 heteroatoms. The molecule has 0 amide bonds. The molecule has 4 heterocycles. The number of hydrogen-bond donors (Lipinski definition) is 0. The van der Waals surface area contributed by atoms with Crippen LogP contribution in [0.3, 0.4) is 0 Å². The van der Waals surface area contributed by atoms with Crippen LogP contribution in [0.25, 0.3) is 0 Å². The SMILES string of the molecule is Cn1cc(CN2CC[C@@]3(C2)Cn2c(nn(C4CCCC4)c(=O)c2=O)CO3)cn1. The molecule has 0 aromatic carbocycles. The minimum Gasteiger partial charge on any atom is -0.364 e. The van der Waals surface area contributed by atoms with E-state index in [-0.39, 0.29) is 12.6 Å². The van der Waals surface area contributed by atoms with Crippen molar-refractivity contribution in [1.82, 2.24) is 29.0 Å². The molecule has 5 rings (SSSR count). The van der Waals surface area contributed by atoms with Gasteiger partial charge in [0.1, 0.15) is 12.2 Å². The molecule has 3 aliphatic rings. The van der Waals surface area contributed by atoms with E-state index in [2.05, 4.69) is 15.1 Å². The van der Waals surface area contributed by atoms with Gasteiger partial charge >= 0.3 is 11.1 Å². The number of likely N-dealkylation sites (tertiary alicyclic amines) is 1. The first-order chi connectivity index (χ1) is 13.5. The Bertz CT molecular complexity index is 1000. The van der Waals surface area contributed by atoms with Crippen LogP contribution in [0.2, 0.25) is 0 Å². The average Bonchev–Trinajstić information content (AvgIpc) is 3.42. The Balaban J connectivity index is 1.37. The van der Waals surface area contributed by atoms with Gasteiger partial charge in [-0.3, -0.25) is 23.7 Å². The van der Waals surface area contributed by atoms with Gasteiger partial charge < -0.3 is 4.74 Å². The maximum Gasteiger partial charge on any atom is 0.332 e. The Hall–Kier alpha value is -2.26. The number of aromatic nitrogens is 5. The van der Waals surface area contributed by atoms with Gasteiger partial charge in [0.2, 0.25) is 0 Å². The van der Waals surface area contributed by atoms with E-state index in [1.807, 2.05) is 19.4 Å². The maximum absolute atomic E-state index is 12.8. The van der Waals surface area contributed by atoms with Crippen molar-refractivity contribution in [2.24, 2.45) is 7.05 Å². The van der Waals surface area contributed by atoms with E-state index in [4.69, 9.17) is 4.74 Å². The van der Waals surface area contributed by atoms with Crippen molar-refractivity contribution in [1.29, 1.82) is 0 Å². The molecule has 150 valence electrons. The topological polar surface area (TPSA) is 87.2 Å². The van der Waals surface area contributed by atoms with Crippen LogP contribution in [0.1, 0.15) is 49.5 Å². The summed E-state index contributed by atoms with van der Waals surface area (Å²) in [6, 6.07) is 0.0587. The Morgan fingerprint density at radius 3 is 2.79 bits per heavy atom. The quantitative estimate of drug-likeness (QED) is 0.711. The fourth-order valence-electron chi connectivity index (χ4n) is 4.89. The highest BCUT2D eigenvalue weighted by atomic mass is 16.5. The number of fused-ring (bicyclic) bond motifs is 1. The predicted octanol–water partition coefficient (Wildman–Crippen LogP) is 0.429. The molecule has 1 saturated heterocycles. The van der Waals surface area contributed by atoms with E-state index in [0.29, 0.717) is 12.4 Å². The van der Waals surface area contributed by atoms with Crippen LogP contribution in [0.15, 0.2) is 22.0 Å². The van der Waals surface area contributed by atoms with Gasteiger partial charge in [0.25, 0.3) is 0 Å². The van der Waals surface area contributed by atoms with Crippen LogP contribution in [0.4, 0.5) is 0 Å². The standard InChI is InChI=1S/C19H26N6O3/c1-22-9-14(8-20-22)10-23-7-6-19(12-23)13-24-16(11-28-19)21-25(18(27)17(24)26)15-4-2-3-5-15/h8-9,15H,2-7,10-13H2,1H3/t19-/m1/s1. The Kier molecular flexibility index (Phi) is 4.24. The van der Waals surface area contributed by atoms with Gasteiger partial charge in [0.05, 0.1) is 18.8 Å². The van der Waals surface area contributed by atoms with E-state index in [1.165, 1.54) is 4.68 Å². The van der Waals surface area contributed by atoms with E-state index in [1.54, 1.807) is 9.25 Å². The molecule has 2 aromatic heterocycles.